The van der Waals surface area contributed by atoms with Crippen molar-refractivity contribution in [2.24, 2.45) is 11.7 Å². The first-order valence-electron chi connectivity index (χ1n) is 7.35. The van der Waals surface area contributed by atoms with Crippen LogP contribution in [0.25, 0.3) is 0 Å². The summed E-state index contributed by atoms with van der Waals surface area (Å²) in [7, 11) is 1.68. The largest absolute Gasteiger partial charge is 0.491 e. The van der Waals surface area contributed by atoms with E-state index in [9.17, 15) is 0 Å². The Morgan fingerprint density at radius 1 is 1.25 bits per heavy atom. The zero-order valence-electron chi connectivity index (χ0n) is 12.2. The van der Waals surface area contributed by atoms with E-state index in [2.05, 4.69) is 17.8 Å². The molecule has 3 nitrogen and oxygen atoms in total. The lowest BCUT2D eigenvalue weighted by Crippen LogP contribution is -2.19. The molecule has 0 aromatic heterocycles. The van der Waals surface area contributed by atoms with Gasteiger partial charge in [0.15, 0.2) is 0 Å². The number of hydrogen-bond donors (Lipinski definition) is 1. The molecule has 1 aromatic rings. The van der Waals surface area contributed by atoms with Crippen LogP contribution in [-0.2, 0) is 4.74 Å². The van der Waals surface area contributed by atoms with Crippen LogP contribution < -0.4 is 10.5 Å². The van der Waals surface area contributed by atoms with E-state index in [0.29, 0.717) is 13.2 Å². The van der Waals surface area contributed by atoms with Gasteiger partial charge in [-0.1, -0.05) is 18.2 Å². The maximum Gasteiger partial charge on any atom is 0.124 e. The normalized spacial score (nSPS) is 17.9. The van der Waals surface area contributed by atoms with E-state index in [1.807, 2.05) is 18.2 Å². The Bertz CT molecular complexity index is 394. The zero-order valence-corrected chi connectivity index (χ0v) is 13.0. The van der Waals surface area contributed by atoms with Gasteiger partial charge in [-0.05, 0) is 42.8 Å². The van der Waals surface area contributed by atoms with Crippen molar-refractivity contribution in [3.05, 3.63) is 29.8 Å². The minimum Gasteiger partial charge on any atom is -0.491 e. The van der Waals surface area contributed by atoms with Crippen LogP contribution in [0.5, 0.6) is 5.75 Å². The van der Waals surface area contributed by atoms with E-state index in [4.69, 9.17) is 15.2 Å². The fourth-order valence-corrected chi connectivity index (χ4v) is 3.83. The fourth-order valence-electron chi connectivity index (χ4n) is 2.62. The number of thioether (sulfide) groups is 1. The zero-order chi connectivity index (χ0) is 14.2. The predicted molar refractivity (Wildman–Crippen MR) is 85.4 cm³/mol. The Morgan fingerprint density at radius 3 is 2.75 bits per heavy atom. The minimum absolute atomic E-state index is 0.0712. The smallest absolute Gasteiger partial charge is 0.124 e. The summed E-state index contributed by atoms with van der Waals surface area (Å²) in [5.74, 6) is 4.23. The van der Waals surface area contributed by atoms with Crippen LogP contribution in [0.2, 0.25) is 0 Å². The standard InChI is InChI=1S/C16H25NO2S/c1-18-8-9-19-16-5-3-2-4-14(16)15(17)12-13-6-10-20-11-7-13/h2-5,13,15H,6-12,17H2,1H3. The van der Waals surface area contributed by atoms with Crippen molar-refractivity contribution in [3.8, 4) is 5.75 Å². The van der Waals surface area contributed by atoms with Crippen molar-refractivity contribution in [1.82, 2.24) is 0 Å². The lowest BCUT2D eigenvalue weighted by atomic mass is 9.91. The second kappa shape index (κ2) is 8.55. The van der Waals surface area contributed by atoms with Gasteiger partial charge in [0, 0.05) is 18.7 Å². The molecule has 1 aromatic carbocycles. The van der Waals surface area contributed by atoms with Gasteiger partial charge in [0.05, 0.1) is 6.61 Å². The summed E-state index contributed by atoms with van der Waals surface area (Å²) in [4.78, 5) is 0. The highest BCUT2D eigenvalue weighted by Crippen LogP contribution is 2.33. The minimum atomic E-state index is 0.0712. The van der Waals surface area contributed by atoms with Gasteiger partial charge in [-0.3, -0.25) is 0 Å². The molecule has 0 spiro atoms. The molecule has 1 fully saturated rings. The molecule has 1 heterocycles. The summed E-state index contributed by atoms with van der Waals surface area (Å²) in [6.45, 7) is 1.17. The molecule has 1 aliphatic heterocycles. The molecule has 0 bridgehead atoms. The van der Waals surface area contributed by atoms with Crippen LogP contribution >= 0.6 is 11.8 Å². The number of methoxy groups -OCH3 is 1. The highest BCUT2D eigenvalue weighted by Gasteiger charge is 2.19. The summed E-state index contributed by atoms with van der Waals surface area (Å²) in [6, 6.07) is 8.19. The van der Waals surface area contributed by atoms with E-state index in [1.165, 1.54) is 24.3 Å². The fraction of sp³-hybridized carbons (Fsp3) is 0.625. The quantitative estimate of drug-likeness (QED) is 0.784. The first-order chi connectivity index (χ1) is 9.81. The van der Waals surface area contributed by atoms with Gasteiger partial charge in [-0.15, -0.1) is 0 Å². The SMILES string of the molecule is COCCOc1ccccc1C(N)CC1CCSCC1. The first kappa shape index (κ1) is 15.7. The van der Waals surface area contributed by atoms with Crippen LogP contribution in [0.4, 0.5) is 0 Å². The van der Waals surface area contributed by atoms with Gasteiger partial charge in [0.2, 0.25) is 0 Å². The van der Waals surface area contributed by atoms with E-state index >= 15 is 0 Å². The van der Waals surface area contributed by atoms with Crippen molar-refractivity contribution in [3.63, 3.8) is 0 Å². The monoisotopic (exact) mass is 295 g/mol. The Morgan fingerprint density at radius 2 is 2.00 bits per heavy atom. The number of nitrogens with two attached hydrogens (primary N) is 1. The summed E-state index contributed by atoms with van der Waals surface area (Å²) >= 11 is 2.06. The van der Waals surface area contributed by atoms with E-state index in [-0.39, 0.29) is 6.04 Å². The Balaban J connectivity index is 1.95. The van der Waals surface area contributed by atoms with Crippen LogP contribution in [0.1, 0.15) is 30.9 Å². The molecule has 112 valence electrons. The van der Waals surface area contributed by atoms with Gasteiger partial charge in [0.25, 0.3) is 0 Å². The second-order valence-electron chi connectivity index (χ2n) is 5.28. The van der Waals surface area contributed by atoms with Crippen molar-refractivity contribution >= 4 is 11.8 Å². The summed E-state index contributed by atoms with van der Waals surface area (Å²) < 4.78 is 10.8. The molecular formula is C16H25NO2S. The van der Waals surface area contributed by atoms with Gasteiger partial charge in [0.1, 0.15) is 12.4 Å². The highest BCUT2D eigenvalue weighted by molar-refractivity contribution is 7.99. The number of hydrogen-bond acceptors (Lipinski definition) is 4. The van der Waals surface area contributed by atoms with E-state index in [0.717, 1.165) is 23.7 Å². The molecular weight excluding hydrogens is 270 g/mol. The molecule has 1 unspecified atom stereocenters. The average molecular weight is 295 g/mol. The molecule has 1 saturated heterocycles. The Labute approximate surface area is 126 Å². The molecule has 1 atom stereocenters. The Hall–Kier alpha value is -0.710. The summed E-state index contributed by atoms with van der Waals surface area (Å²) in [5.41, 5.74) is 7.54. The van der Waals surface area contributed by atoms with Crippen LogP contribution in [0, 0.1) is 5.92 Å². The van der Waals surface area contributed by atoms with Crippen molar-refractivity contribution in [2.75, 3.05) is 31.8 Å². The Kier molecular flexibility index (Phi) is 6.70. The van der Waals surface area contributed by atoms with Crippen molar-refractivity contribution < 1.29 is 9.47 Å². The summed E-state index contributed by atoms with van der Waals surface area (Å²) in [6.07, 6.45) is 3.65. The number of ether oxygens (including phenoxy) is 2. The van der Waals surface area contributed by atoms with E-state index < -0.39 is 0 Å². The lowest BCUT2D eigenvalue weighted by Gasteiger charge is -2.25. The second-order valence-corrected chi connectivity index (χ2v) is 6.50. The average Bonchev–Trinajstić information content (AvgIpc) is 2.49. The number of para-hydroxylation sites is 1. The molecule has 2 rings (SSSR count). The van der Waals surface area contributed by atoms with E-state index in [1.54, 1.807) is 7.11 Å². The number of rotatable bonds is 7. The highest BCUT2D eigenvalue weighted by atomic mass is 32.2. The molecule has 4 heteroatoms. The molecule has 0 saturated carbocycles. The molecule has 0 amide bonds. The third-order valence-electron chi connectivity index (χ3n) is 3.79. The van der Waals surface area contributed by atoms with Crippen LogP contribution in [-0.4, -0.2) is 31.8 Å². The van der Waals surface area contributed by atoms with Gasteiger partial charge >= 0.3 is 0 Å². The number of benzene rings is 1. The molecule has 20 heavy (non-hydrogen) atoms. The van der Waals surface area contributed by atoms with Gasteiger partial charge < -0.3 is 15.2 Å². The molecule has 1 aliphatic rings. The third-order valence-corrected chi connectivity index (χ3v) is 4.84. The predicted octanol–water partition coefficient (Wildman–Crippen LogP) is 3.24. The molecule has 2 N–H and O–H groups in total. The topological polar surface area (TPSA) is 44.5 Å². The van der Waals surface area contributed by atoms with Gasteiger partial charge in [-0.25, -0.2) is 0 Å². The third kappa shape index (κ3) is 4.69. The maximum atomic E-state index is 6.41. The van der Waals surface area contributed by atoms with Crippen LogP contribution in [0.15, 0.2) is 24.3 Å². The molecule has 0 radical (unpaired) electrons. The lowest BCUT2D eigenvalue weighted by molar-refractivity contribution is 0.145. The first-order valence-corrected chi connectivity index (χ1v) is 8.50. The van der Waals surface area contributed by atoms with Gasteiger partial charge in [-0.2, -0.15) is 11.8 Å². The summed E-state index contributed by atoms with van der Waals surface area (Å²) in [5, 5.41) is 0. The van der Waals surface area contributed by atoms with Crippen molar-refractivity contribution in [1.29, 1.82) is 0 Å². The maximum absolute atomic E-state index is 6.41. The van der Waals surface area contributed by atoms with Crippen LogP contribution in [0.3, 0.4) is 0 Å². The molecule has 0 aliphatic carbocycles. The van der Waals surface area contributed by atoms with Crippen molar-refractivity contribution in [2.45, 2.75) is 25.3 Å².